The van der Waals surface area contributed by atoms with Gasteiger partial charge in [0.15, 0.2) is 17.3 Å². The molecule has 15 heteroatoms. The van der Waals surface area contributed by atoms with Crippen molar-refractivity contribution in [2.24, 2.45) is 23.0 Å². The summed E-state index contributed by atoms with van der Waals surface area (Å²) >= 11 is 0. The quantitative estimate of drug-likeness (QED) is 0.0471. The number of Topliss-reactive ketones (excluding diaryl/α,β-unsaturated/α-hetero) is 3. The monoisotopic (exact) mass is 945 g/mol. The van der Waals surface area contributed by atoms with Crippen LogP contribution in [0.2, 0.25) is 0 Å². The average molecular weight is 946 g/mol. The number of rotatable bonds is 24. The summed E-state index contributed by atoms with van der Waals surface area (Å²) < 4.78 is 0. The first-order valence-electron chi connectivity index (χ1n) is 23.0. The maximum Gasteiger partial charge on any atom is 0.325 e. The number of carboxylic acids is 1. The molecule has 15 nitrogen and oxygen atoms in total. The van der Waals surface area contributed by atoms with Gasteiger partial charge in [-0.3, -0.25) is 43.2 Å². The fourth-order valence-corrected chi connectivity index (χ4v) is 7.45. The van der Waals surface area contributed by atoms with Crippen LogP contribution in [0.5, 0.6) is 0 Å². The van der Waals surface area contributed by atoms with Crippen molar-refractivity contribution in [3.05, 3.63) is 119 Å². The largest absolute Gasteiger partial charge is 0.480 e. The third kappa shape index (κ3) is 15.3. The van der Waals surface area contributed by atoms with E-state index in [-0.39, 0.29) is 43.0 Å². The van der Waals surface area contributed by atoms with Crippen molar-refractivity contribution in [3.8, 4) is 0 Å². The SMILES string of the molecule is CC(CC(=O)C(C)(C)N)C(=O)CC(C)(C)C(=O)NC(Cc1ccc2ccccc2c1)C(=O)NC(C)(C)C(=O)CC(Cc1ccc(C(=O)c2ccccc2)cc1)C(=O)NC(C)(C)C(=O)NC(C)C(=O)O. The molecule has 0 aliphatic heterocycles. The van der Waals surface area contributed by atoms with E-state index >= 15 is 0 Å². The van der Waals surface area contributed by atoms with Crippen molar-refractivity contribution in [3.63, 3.8) is 0 Å². The van der Waals surface area contributed by atoms with Crippen molar-refractivity contribution in [1.82, 2.24) is 21.3 Å². The molecule has 4 rings (SSSR count). The standard InChI is InChI=1S/C54H67N5O10/c1-32(26-43(61)52(5,6)55)42(60)31-51(3,4)49(68)57-41(29-35-22-23-36-16-14-15-19-39(36)28-35)47(65)59-53(7,8)44(62)30-40(46(64)58-54(9,10)50(69)56-33(2)48(66)67)27-34-20-24-38(25-21-34)45(63)37-17-12-11-13-18-37/h11-25,28,32-33,40-41H,26-27,29-31,55H2,1-10H3,(H,56,69)(H,57,68)(H,58,64)(H,59,65)(H,66,67). The van der Waals surface area contributed by atoms with Crippen LogP contribution in [0.15, 0.2) is 97.1 Å². The molecule has 0 radical (unpaired) electrons. The fourth-order valence-electron chi connectivity index (χ4n) is 7.45. The Morgan fingerprint density at radius 3 is 1.72 bits per heavy atom. The second-order valence-corrected chi connectivity index (χ2v) is 20.4. The number of hydrogen-bond acceptors (Lipinski definition) is 10. The molecule has 4 atom stereocenters. The van der Waals surface area contributed by atoms with E-state index in [4.69, 9.17) is 5.73 Å². The van der Waals surface area contributed by atoms with Crippen LogP contribution in [0.1, 0.15) is 116 Å². The number of ketones is 4. The van der Waals surface area contributed by atoms with Gasteiger partial charge in [-0.05, 0) is 76.8 Å². The Balaban J connectivity index is 1.61. The summed E-state index contributed by atoms with van der Waals surface area (Å²) in [5, 5.41) is 21.9. The molecule has 4 amide bonds. The number of hydrogen-bond donors (Lipinski definition) is 6. The second-order valence-electron chi connectivity index (χ2n) is 20.4. The van der Waals surface area contributed by atoms with Crippen LogP contribution < -0.4 is 27.0 Å². The summed E-state index contributed by atoms with van der Waals surface area (Å²) in [5.41, 5.74) is 2.39. The number of carbonyl (C=O) groups excluding carboxylic acids is 8. The van der Waals surface area contributed by atoms with E-state index in [1.807, 2.05) is 42.5 Å². The molecule has 69 heavy (non-hydrogen) atoms. The van der Waals surface area contributed by atoms with Crippen LogP contribution in [-0.4, -0.2) is 86.5 Å². The highest BCUT2D eigenvalue weighted by atomic mass is 16.4. The van der Waals surface area contributed by atoms with E-state index in [0.29, 0.717) is 22.3 Å². The zero-order valence-electron chi connectivity index (χ0n) is 41.3. The zero-order chi connectivity index (χ0) is 51.6. The molecule has 0 spiro atoms. The molecule has 4 aromatic carbocycles. The van der Waals surface area contributed by atoms with Crippen molar-refractivity contribution in [1.29, 1.82) is 0 Å². The lowest BCUT2D eigenvalue weighted by Gasteiger charge is -2.32. The van der Waals surface area contributed by atoms with Crippen molar-refractivity contribution in [2.75, 3.05) is 0 Å². The van der Waals surface area contributed by atoms with Gasteiger partial charge in [0, 0.05) is 48.6 Å². The van der Waals surface area contributed by atoms with Crippen LogP contribution >= 0.6 is 0 Å². The highest BCUT2D eigenvalue weighted by molar-refractivity contribution is 6.09. The van der Waals surface area contributed by atoms with Gasteiger partial charge in [-0.15, -0.1) is 0 Å². The molecule has 0 aromatic heterocycles. The number of benzene rings is 4. The van der Waals surface area contributed by atoms with Crippen molar-refractivity contribution >= 4 is 63.5 Å². The first-order chi connectivity index (χ1) is 32.0. The Morgan fingerprint density at radius 2 is 1.13 bits per heavy atom. The van der Waals surface area contributed by atoms with Gasteiger partial charge in [-0.2, -0.15) is 0 Å². The normalized spacial score (nSPS) is 13.8. The van der Waals surface area contributed by atoms with E-state index in [1.165, 1.54) is 34.6 Å². The Kier molecular flexibility index (Phi) is 17.8. The van der Waals surface area contributed by atoms with E-state index in [2.05, 4.69) is 21.3 Å². The van der Waals surface area contributed by atoms with Crippen LogP contribution in [0, 0.1) is 17.3 Å². The van der Waals surface area contributed by atoms with Gasteiger partial charge in [-0.1, -0.05) is 118 Å². The van der Waals surface area contributed by atoms with Crippen LogP contribution in [0.3, 0.4) is 0 Å². The zero-order valence-corrected chi connectivity index (χ0v) is 41.3. The summed E-state index contributed by atoms with van der Waals surface area (Å²) in [6, 6.07) is 26.0. The van der Waals surface area contributed by atoms with Gasteiger partial charge < -0.3 is 32.1 Å². The summed E-state index contributed by atoms with van der Waals surface area (Å²) in [7, 11) is 0. The van der Waals surface area contributed by atoms with Crippen LogP contribution in [0.4, 0.5) is 0 Å². The summed E-state index contributed by atoms with van der Waals surface area (Å²) in [4.78, 5) is 121. The molecule has 0 fully saturated rings. The van der Waals surface area contributed by atoms with Gasteiger partial charge in [0.25, 0.3) is 0 Å². The predicted octanol–water partition coefficient (Wildman–Crippen LogP) is 5.61. The number of amides is 4. The van der Waals surface area contributed by atoms with Gasteiger partial charge in [0.2, 0.25) is 23.6 Å². The first-order valence-corrected chi connectivity index (χ1v) is 23.0. The molecule has 0 aliphatic rings. The topological polar surface area (TPSA) is 248 Å². The number of carboxylic acid groups (broad SMARTS) is 1. The third-order valence-electron chi connectivity index (χ3n) is 12.3. The minimum Gasteiger partial charge on any atom is -0.480 e. The number of nitrogens with two attached hydrogens (primary N) is 1. The molecular weight excluding hydrogens is 879 g/mol. The number of nitrogens with one attached hydrogen (secondary N) is 4. The second kappa shape index (κ2) is 22.5. The van der Waals surface area contributed by atoms with E-state index < -0.39 is 87.8 Å². The lowest BCUT2D eigenvalue weighted by atomic mass is 9.81. The molecule has 7 N–H and O–H groups in total. The Hall–Kier alpha value is -6.87. The number of aliphatic carboxylic acids is 1. The molecule has 0 saturated carbocycles. The van der Waals surface area contributed by atoms with Crippen LogP contribution in [0.25, 0.3) is 10.8 Å². The lowest BCUT2D eigenvalue weighted by molar-refractivity contribution is -0.143. The van der Waals surface area contributed by atoms with Gasteiger partial charge in [0.05, 0.1) is 16.5 Å². The number of carbonyl (C=O) groups is 9. The molecule has 0 saturated heterocycles. The first kappa shape index (κ1) is 54.7. The van der Waals surface area contributed by atoms with Crippen molar-refractivity contribution < 1.29 is 48.3 Å². The molecule has 4 aromatic rings. The van der Waals surface area contributed by atoms with Gasteiger partial charge >= 0.3 is 5.97 Å². The molecule has 0 bridgehead atoms. The molecule has 4 unspecified atom stereocenters. The smallest absolute Gasteiger partial charge is 0.325 e. The highest BCUT2D eigenvalue weighted by Crippen LogP contribution is 2.27. The lowest BCUT2D eigenvalue weighted by Crippen LogP contribution is -2.59. The summed E-state index contributed by atoms with van der Waals surface area (Å²) in [6.45, 7) is 14.9. The Bertz CT molecular complexity index is 2580. The van der Waals surface area contributed by atoms with E-state index in [0.717, 1.165) is 10.8 Å². The molecule has 0 heterocycles. The molecular formula is C54H67N5O10. The van der Waals surface area contributed by atoms with Crippen molar-refractivity contribution in [2.45, 2.75) is 130 Å². The minimum absolute atomic E-state index is 0.00135. The average Bonchev–Trinajstić information content (AvgIpc) is 3.27. The third-order valence-corrected chi connectivity index (χ3v) is 12.3. The molecule has 0 aliphatic carbocycles. The fraction of sp³-hybridized carbons (Fsp3) is 0.426. The van der Waals surface area contributed by atoms with Gasteiger partial charge in [-0.25, -0.2) is 0 Å². The highest BCUT2D eigenvalue weighted by Gasteiger charge is 2.40. The Morgan fingerprint density at radius 1 is 0.580 bits per heavy atom. The predicted molar refractivity (Wildman–Crippen MR) is 263 cm³/mol. The van der Waals surface area contributed by atoms with Crippen LogP contribution in [-0.2, 0) is 51.2 Å². The Labute approximate surface area is 404 Å². The molecule has 368 valence electrons. The minimum atomic E-state index is -1.64. The van der Waals surface area contributed by atoms with Gasteiger partial charge in [0.1, 0.15) is 23.4 Å². The van der Waals surface area contributed by atoms with E-state index in [1.54, 1.807) is 89.2 Å². The van der Waals surface area contributed by atoms with E-state index in [9.17, 15) is 48.3 Å². The number of fused-ring (bicyclic) bond motifs is 1. The summed E-state index contributed by atoms with van der Waals surface area (Å²) in [5.74, 6) is -7.35. The summed E-state index contributed by atoms with van der Waals surface area (Å²) in [6.07, 6.45) is -0.806. The maximum absolute atomic E-state index is 14.5. The maximum atomic E-state index is 14.5.